The molecule has 126 valence electrons. The molecule has 1 rings (SSSR count). The number of carbonyl (C=O) groups excluding carboxylic acids is 1. The van der Waals surface area contributed by atoms with Gasteiger partial charge in [0.15, 0.2) is 0 Å². The van der Waals surface area contributed by atoms with E-state index in [2.05, 4.69) is 20.7 Å². The van der Waals surface area contributed by atoms with Crippen LogP contribution < -0.4 is 10.5 Å². The molecule has 6 nitrogen and oxygen atoms in total. The molecule has 1 aromatic carbocycles. The second-order valence-corrected chi connectivity index (χ2v) is 7.24. The van der Waals surface area contributed by atoms with Gasteiger partial charge in [-0.2, -0.15) is 0 Å². The predicted molar refractivity (Wildman–Crippen MR) is 90.8 cm³/mol. The first-order valence-corrected chi connectivity index (χ1v) is 8.77. The standard InChI is InChI=1S/C13H19BrN2O4S.ClH/c1-3-20-13(17)10-6-11(14)8-12(7-10)21(18,19)16-5-4-9(2)15;/h6-9,16H,3-5,15H2,1-2H3;1H. The fourth-order valence-corrected chi connectivity index (χ4v) is 3.32. The van der Waals surface area contributed by atoms with Crippen LogP contribution in [0.15, 0.2) is 27.6 Å². The monoisotopic (exact) mass is 414 g/mol. The molecule has 0 saturated carbocycles. The summed E-state index contributed by atoms with van der Waals surface area (Å²) in [5.41, 5.74) is 5.76. The first-order valence-electron chi connectivity index (χ1n) is 6.49. The maximum atomic E-state index is 12.2. The van der Waals surface area contributed by atoms with Crippen molar-refractivity contribution in [2.24, 2.45) is 5.73 Å². The summed E-state index contributed by atoms with van der Waals surface area (Å²) in [6.07, 6.45) is 0.526. The van der Waals surface area contributed by atoms with Gasteiger partial charge >= 0.3 is 5.97 Å². The van der Waals surface area contributed by atoms with Crippen molar-refractivity contribution in [3.63, 3.8) is 0 Å². The van der Waals surface area contributed by atoms with Gasteiger partial charge in [-0.05, 0) is 38.5 Å². The van der Waals surface area contributed by atoms with Gasteiger partial charge in [0, 0.05) is 17.1 Å². The van der Waals surface area contributed by atoms with Crippen molar-refractivity contribution >= 4 is 44.3 Å². The first-order chi connectivity index (χ1) is 9.76. The molecule has 0 aliphatic heterocycles. The quantitative estimate of drug-likeness (QED) is 0.664. The van der Waals surface area contributed by atoms with Crippen LogP contribution >= 0.6 is 28.3 Å². The van der Waals surface area contributed by atoms with E-state index in [-0.39, 0.29) is 42.1 Å². The van der Waals surface area contributed by atoms with Gasteiger partial charge < -0.3 is 10.5 Å². The van der Waals surface area contributed by atoms with E-state index < -0.39 is 16.0 Å². The summed E-state index contributed by atoms with van der Waals surface area (Å²) in [7, 11) is -3.69. The van der Waals surface area contributed by atoms with Crippen LogP contribution in [0, 0.1) is 0 Å². The van der Waals surface area contributed by atoms with Crippen molar-refractivity contribution in [3.8, 4) is 0 Å². The molecule has 1 unspecified atom stereocenters. The molecular weight excluding hydrogens is 396 g/mol. The highest BCUT2D eigenvalue weighted by Gasteiger charge is 2.18. The fraction of sp³-hybridized carbons (Fsp3) is 0.462. The lowest BCUT2D eigenvalue weighted by Crippen LogP contribution is -2.29. The predicted octanol–water partition coefficient (Wildman–Crippen LogP) is 2.06. The fourth-order valence-electron chi connectivity index (χ4n) is 1.55. The van der Waals surface area contributed by atoms with E-state index in [1.54, 1.807) is 13.8 Å². The van der Waals surface area contributed by atoms with Gasteiger partial charge in [0.1, 0.15) is 0 Å². The van der Waals surface area contributed by atoms with E-state index in [1.165, 1.54) is 18.2 Å². The number of nitrogens with two attached hydrogens (primary N) is 1. The van der Waals surface area contributed by atoms with Crippen LogP contribution in [0.3, 0.4) is 0 Å². The lowest BCUT2D eigenvalue weighted by Gasteiger charge is -2.10. The highest BCUT2D eigenvalue weighted by molar-refractivity contribution is 9.10. The first kappa shape index (κ1) is 21.3. The minimum Gasteiger partial charge on any atom is -0.462 e. The number of carbonyl (C=O) groups is 1. The molecule has 0 aromatic heterocycles. The maximum Gasteiger partial charge on any atom is 0.338 e. The summed E-state index contributed by atoms with van der Waals surface area (Å²) in [6.45, 7) is 3.94. The van der Waals surface area contributed by atoms with E-state index in [0.717, 1.165) is 0 Å². The Hall–Kier alpha value is -0.670. The summed E-state index contributed by atoms with van der Waals surface area (Å²) in [6, 6.07) is 4.14. The second-order valence-electron chi connectivity index (χ2n) is 4.56. The lowest BCUT2D eigenvalue weighted by atomic mass is 10.2. The zero-order valence-corrected chi connectivity index (χ0v) is 15.6. The van der Waals surface area contributed by atoms with Gasteiger partial charge in [0.05, 0.1) is 17.1 Å². The van der Waals surface area contributed by atoms with Gasteiger partial charge in [-0.15, -0.1) is 12.4 Å². The third kappa shape index (κ3) is 6.62. The number of rotatable bonds is 7. The van der Waals surface area contributed by atoms with Crippen molar-refractivity contribution in [2.75, 3.05) is 13.2 Å². The molecule has 22 heavy (non-hydrogen) atoms. The summed E-state index contributed by atoms with van der Waals surface area (Å²) >= 11 is 3.20. The minimum absolute atomic E-state index is 0. The summed E-state index contributed by atoms with van der Waals surface area (Å²) in [5, 5.41) is 0. The summed E-state index contributed by atoms with van der Waals surface area (Å²) < 4.78 is 32.2. The number of sulfonamides is 1. The highest BCUT2D eigenvalue weighted by Crippen LogP contribution is 2.20. The van der Waals surface area contributed by atoms with Crippen LogP contribution in [0.25, 0.3) is 0 Å². The number of nitrogens with one attached hydrogen (secondary N) is 1. The summed E-state index contributed by atoms with van der Waals surface area (Å²) in [5.74, 6) is -0.564. The Morgan fingerprint density at radius 2 is 2.05 bits per heavy atom. The molecule has 0 heterocycles. The van der Waals surface area contributed by atoms with E-state index in [4.69, 9.17) is 10.5 Å². The molecule has 3 N–H and O–H groups in total. The van der Waals surface area contributed by atoms with Gasteiger partial charge in [-0.3, -0.25) is 0 Å². The highest BCUT2D eigenvalue weighted by atomic mass is 79.9. The Labute approximate surface area is 145 Å². The number of benzene rings is 1. The molecule has 0 aliphatic carbocycles. The lowest BCUT2D eigenvalue weighted by molar-refractivity contribution is 0.0526. The van der Waals surface area contributed by atoms with Gasteiger partial charge in [0.2, 0.25) is 10.0 Å². The normalized spacial score (nSPS) is 12.4. The van der Waals surface area contributed by atoms with Crippen LogP contribution in [0.2, 0.25) is 0 Å². The maximum absolute atomic E-state index is 12.2. The van der Waals surface area contributed by atoms with Crippen molar-refractivity contribution in [2.45, 2.75) is 31.2 Å². The number of ether oxygens (including phenoxy) is 1. The van der Waals surface area contributed by atoms with E-state index >= 15 is 0 Å². The smallest absolute Gasteiger partial charge is 0.338 e. The molecule has 1 atom stereocenters. The van der Waals surface area contributed by atoms with Gasteiger partial charge in [0.25, 0.3) is 0 Å². The average Bonchev–Trinajstić information content (AvgIpc) is 2.37. The Morgan fingerprint density at radius 1 is 1.41 bits per heavy atom. The molecule has 1 aromatic rings. The molecule has 0 saturated heterocycles. The zero-order chi connectivity index (χ0) is 16.0. The third-order valence-electron chi connectivity index (χ3n) is 2.58. The number of hydrogen-bond donors (Lipinski definition) is 2. The summed E-state index contributed by atoms with van der Waals surface area (Å²) in [4.78, 5) is 11.7. The molecule has 0 bridgehead atoms. The van der Waals surface area contributed by atoms with Crippen molar-refractivity contribution in [3.05, 3.63) is 28.2 Å². The van der Waals surface area contributed by atoms with E-state index in [1.807, 2.05) is 0 Å². The molecule has 0 fully saturated rings. The van der Waals surface area contributed by atoms with Gasteiger partial charge in [-0.25, -0.2) is 17.9 Å². The molecule has 0 spiro atoms. The molecule has 0 radical (unpaired) electrons. The average molecular weight is 416 g/mol. The SMILES string of the molecule is CCOC(=O)c1cc(Br)cc(S(=O)(=O)NCCC(C)N)c1.Cl. The molecule has 9 heteroatoms. The number of esters is 1. The van der Waals surface area contributed by atoms with Crippen LogP contribution in [0.5, 0.6) is 0 Å². The Balaban J connectivity index is 0.00000441. The Kier molecular flexibility index (Phi) is 9.18. The van der Waals surface area contributed by atoms with Crippen molar-refractivity contribution < 1.29 is 17.9 Å². The number of halogens is 2. The molecule has 0 amide bonds. The topological polar surface area (TPSA) is 98.5 Å². The minimum atomic E-state index is -3.69. The Morgan fingerprint density at radius 3 is 2.59 bits per heavy atom. The van der Waals surface area contributed by atoms with E-state index in [0.29, 0.717) is 10.9 Å². The molecular formula is C13H20BrClN2O4S. The van der Waals surface area contributed by atoms with Crippen LogP contribution in [-0.4, -0.2) is 33.6 Å². The van der Waals surface area contributed by atoms with Crippen LogP contribution in [-0.2, 0) is 14.8 Å². The Bertz CT molecular complexity index is 608. The second kappa shape index (κ2) is 9.46. The van der Waals surface area contributed by atoms with Crippen LogP contribution in [0.1, 0.15) is 30.6 Å². The van der Waals surface area contributed by atoms with E-state index in [9.17, 15) is 13.2 Å². The van der Waals surface area contributed by atoms with Gasteiger partial charge in [-0.1, -0.05) is 15.9 Å². The van der Waals surface area contributed by atoms with Crippen LogP contribution in [0.4, 0.5) is 0 Å². The molecule has 0 aliphatic rings. The van der Waals surface area contributed by atoms with Crippen molar-refractivity contribution in [1.82, 2.24) is 4.72 Å². The zero-order valence-electron chi connectivity index (χ0n) is 12.3. The third-order valence-corrected chi connectivity index (χ3v) is 4.48. The van der Waals surface area contributed by atoms with Crippen molar-refractivity contribution in [1.29, 1.82) is 0 Å². The largest absolute Gasteiger partial charge is 0.462 e. The number of hydrogen-bond acceptors (Lipinski definition) is 5.